The summed E-state index contributed by atoms with van der Waals surface area (Å²) < 4.78 is 5.34. The fraction of sp³-hybridized carbons (Fsp3) is 0.167. The lowest BCUT2D eigenvalue weighted by molar-refractivity contribution is 0.0303. The molecule has 0 bridgehead atoms. The van der Waals surface area contributed by atoms with Gasteiger partial charge in [-0.2, -0.15) is 0 Å². The van der Waals surface area contributed by atoms with E-state index in [1.165, 1.54) is 0 Å². The third kappa shape index (κ3) is 4.44. The SMILES string of the molecule is Cl.NC(=O)c1ccc(-c2ccnc3[nH]c(-c4cccc(C(=O)N5CCOCC5)c4)nc23)cc1. The Balaban J connectivity index is 0.00000259. The molecule has 2 amide bonds. The number of nitrogens with two attached hydrogens (primary N) is 1. The van der Waals surface area contributed by atoms with Crippen LogP contribution in [0.15, 0.2) is 60.8 Å². The average molecular weight is 464 g/mol. The molecule has 4 aromatic rings. The van der Waals surface area contributed by atoms with E-state index in [2.05, 4.69) is 9.97 Å². The molecule has 1 fully saturated rings. The molecule has 0 unspecified atom stereocenters. The highest BCUT2D eigenvalue weighted by molar-refractivity contribution is 5.97. The van der Waals surface area contributed by atoms with Crippen LogP contribution in [0.4, 0.5) is 0 Å². The third-order valence-corrected chi connectivity index (χ3v) is 5.55. The Morgan fingerprint density at radius 1 is 0.970 bits per heavy atom. The van der Waals surface area contributed by atoms with Crippen LogP contribution in [0.1, 0.15) is 20.7 Å². The Kier molecular flexibility index (Phi) is 6.39. The van der Waals surface area contributed by atoms with E-state index in [1.54, 1.807) is 23.2 Å². The molecule has 0 spiro atoms. The lowest BCUT2D eigenvalue weighted by Gasteiger charge is -2.26. The van der Waals surface area contributed by atoms with E-state index in [-0.39, 0.29) is 18.3 Å². The second-order valence-electron chi connectivity index (χ2n) is 7.57. The summed E-state index contributed by atoms with van der Waals surface area (Å²) >= 11 is 0. The van der Waals surface area contributed by atoms with Crippen molar-refractivity contribution in [1.29, 1.82) is 0 Å². The van der Waals surface area contributed by atoms with Crippen LogP contribution in [0.2, 0.25) is 0 Å². The molecule has 5 rings (SSSR count). The second-order valence-corrected chi connectivity index (χ2v) is 7.57. The number of rotatable bonds is 4. The zero-order valence-corrected chi connectivity index (χ0v) is 18.5. The molecular weight excluding hydrogens is 442 g/mol. The lowest BCUT2D eigenvalue weighted by Crippen LogP contribution is -2.40. The normalized spacial score (nSPS) is 13.5. The molecule has 3 N–H and O–H groups in total. The summed E-state index contributed by atoms with van der Waals surface area (Å²) in [6.45, 7) is 2.30. The van der Waals surface area contributed by atoms with Crippen LogP contribution >= 0.6 is 12.4 Å². The number of fused-ring (bicyclic) bond motifs is 1. The number of ether oxygens (including phenoxy) is 1. The van der Waals surface area contributed by atoms with Crippen molar-refractivity contribution in [3.63, 3.8) is 0 Å². The molecule has 2 aromatic heterocycles. The summed E-state index contributed by atoms with van der Waals surface area (Å²) in [7, 11) is 0. The van der Waals surface area contributed by atoms with Crippen molar-refractivity contribution in [2.45, 2.75) is 0 Å². The molecule has 9 heteroatoms. The molecule has 3 heterocycles. The topological polar surface area (TPSA) is 114 Å². The monoisotopic (exact) mass is 463 g/mol. The number of halogens is 1. The van der Waals surface area contributed by atoms with Gasteiger partial charge in [0.15, 0.2) is 5.65 Å². The Bertz CT molecular complexity index is 1310. The number of amides is 2. The number of aromatic nitrogens is 3. The number of aromatic amines is 1. The number of carbonyl (C=O) groups excluding carboxylic acids is 2. The van der Waals surface area contributed by atoms with Crippen LogP contribution in [-0.2, 0) is 4.74 Å². The molecule has 1 aliphatic heterocycles. The Morgan fingerprint density at radius 2 is 1.73 bits per heavy atom. The molecule has 0 atom stereocenters. The maximum absolute atomic E-state index is 12.9. The Morgan fingerprint density at radius 3 is 2.45 bits per heavy atom. The predicted octanol–water partition coefficient (Wildman–Crippen LogP) is 3.29. The maximum Gasteiger partial charge on any atom is 0.254 e. The van der Waals surface area contributed by atoms with Gasteiger partial charge in [-0.05, 0) is 35.9 Å². The van der Waals surface area contributed by atoms with Crippen LogP contribution < -0.4 is 5.73 Å². The molecule has 2 aromatic carbocycles. The zero-order chi connectivity index (χ0) is 22.1. The fourth-order valence-electron chi connectivity index (χ4n) is 3.84. The first kappa shape index (κ1) is 22.4. The van der Waals surface area contributed by atoms with Gasteiger partial charge in [0.25, 0.3) is 5.91 Å². The van der Waals surface area contributed by atoms with E-state index < -0.39 is 5.91 Å². The van der Waals surface area contributed by atoms with Gasteiger partial charge in [-0.1, -0.05) is 24.3 Å². The Hall–Kier alpha value is -3.75. The van der Waals surface area contributed by atoms with Gasteiger partial charge in [-0.3, -0.25) is 9.59 Å². The van der Waals surface area contributed by atoms with Gasteiger partial charge in [-0.25, -0.2) is 9.97 Å². The summed E-state index contributed by atoms with van der Waals surface area (Å²) in [5.41, 5.74) is 10.3. The Labute approximate surface area is 196 Å². The van der Waals surface area contributed by atoms with Gasteiger partial charge in [0.1, 0.15) is 11.3 Å². The van der Waals surface area contributed by atoms with Crippen LogP contribution in [0, 0.1) is 0 Å². The van der Waals surface area contributed by atoms with Gasteiger partial charge in [0.2, 0.25) is 5.91 Å². The molecular formula is C24H22ClN5O3. The number of morpholine rings is 1. The highest BCUT2D eigenvalue weighted by atomic mass is 35.5. The second kappa shape index (κ2) is 9.40. The van der Waals surface area contributed by atoms with E-state index in [9.17, 15) is 9.59 Å². The first-order chi connectivity index (χ1) is 15.6. The summed E-state index contributed by atoms with van der Waals surface area (Å²) in [5.74, 6) is 0.148. The van der Waals surface area contributed by atoms with E-state index in [0.29, 0.717) is 54.4 Å². The van der Waals surface area contributed by atoms with Crippen LogP contribution in [0.25, 0.3) is 33.7 Å². The number of benzene rings is 2. The number of imidazole rings is 1. The van der Waals surface area contributed by atoms with Crippen molar-refractivity contribution in [2.75, 3.05) is 26.3 Å². The number of H-pyrrole nitrogens is 1. The number of hydrogen-bond donors (Lipinski definition) is 2. The molecule has 0 aliphatic carbocycles. The van der Waals surface area contributed by atoms with E-state index >= 15 is 0 Å². The summed E-state index contributed by atoms with van der Waals surface area (Å²) in [5, 5.41) is 0. The third-order valence-electron chi connectivity index (χ3n) is 5.55. The van der Waals surface area contributed by atoms with Crippen molar-refractivity contribution in [3.05, 3.63) is 71.9 Å². The van der Waals surface area contributed by atoms with Crippen molar-refractivity contribution >= 4 is 35.4 Å². The molecule has 1 aliphatic rings. The molecule has 1 saturated heterocycles. The summed E-state index contributed by atoms with van der Waals surface area (Å²) in [6.07, 6.45) is 1.71. The lowest BCUT2D eigenvalue weighted by atomic mass is 10.0. The van der Waals surface area contributed by atoms with Crippen LogP contribution in [0.5, 0.6) is 0 Å². The maximum atomic E-state index is 12.9. The first-order valence-electron chi connectivity index (χ1n) is 10.3. The van der Waals surface area contributed by atoms with Crippen LogP contribution in [-0.4, -0.2) is 58.0 Å². The quantitative estimate of drug-likeness (QED) is 0.482. The molecule has 0 saturated carbocycles. The molecule has 168 valence electrons. The van der Waals surface area contributed by atoms with Gasteiger partial charge in [0, 0.05) is 41.5 Å². The van der Waals surface area contributed by atoms with Crippen molar-refractivity contribution in [1.82, 2.24) is 19.9 Å². The minimum Gasteiger partial charge on any atom is -0.378 e. The zero-order valence-electron chi connectivity index (χ0n) is 17.7. The molecule has 8 nitrogen and oxygen atoms in total. The number of nitrogens with one attached hydrogen (secondary N) is 1. The number of carbonyl (C=O) groups is 2. The van der Waals surface area contributed by atoms with Gasteiger partial charge in [-0.15, -0.1) is 12.4 Å². The smallest absolute Gasteiger partial charge is 0.254 e. The minimum absolute atomic E-state index is 0. The number of nitrogens with zero attached hydrogens (tertiary/aromatic N) is 3. The summed E-state index contributed by atoms with van der Waals surface area (Å²) in [4.78, 5) is 38.5. The average Bonchev–Trinajstić information content (AvgIpc) is 3.29. The number of primary amides is 1. The van der Waals surface area contributed by atoms with Crippen molar-refractivity contribution < 1.29 is 14.3 Å². The first-order valence-corrected chi connectivity index (χ1v) is 10.3. The molecule has 33 heavy (non-hydrogen) atoms. The van der Waals surface area contributed by atoms with E-state index in [4.69, 9.17) is 15.5 Å². The highest BCUT2D eigenvalue weighted by Crippen LogP contribution is 2.29. The van der Waals surface area contributed by atoms with Crippen molar-refractivity contribution in [3.8, 4) is 22.5 Å². The van der Waals surface area contributed by atoms with E-state index in [1.807, 2.05) is 42.5 Å². The van der Waals surface area contributed by atoms with Crippen molar-refractivity contribution in [2.24, 2.45) is 5.73 Å². The summed E-state index contributed by atoms with van der Waals surface area (Å²) in [6, 6.07) is 16.4. The standard InChI is InChI=1S/C24H21N5O3.ClH/c25-21(30)16-6-4-15(5-7-16)19-8-9-26-23-20(19)27-22(28-23)17-2-1-3-18(14-17)24(31)29-10-12-32-13-11-29;/h1-9,14H,10-13H2,(H2,25,30)(H,26,27,28);1H. The largest absolute Gasteiger partial charge is 0.378 e. The fourth-order valence-corrected chi connectivity index (χ4v) is 3.84. The molecule has 0 radical (unpaired) electrons. The van der Waals surface area contributed by atoms with Gasteiger partial charge < -0.3 is 20.4 Å². The van der Waals surface area contributed by atoms with Crippen LogP contribution in [0.3, 0.4) is 0 Å². The van der Waals surface area contributed by atoms with E-state index in [0.717, 1.165) is 16.7 Å². The highest BCUT2D eigenvalue weighted by Gasteiger charge is 2.19. The minimum atomic E-state index is -0.468. The number of hydrogen-bond acceptors (Lipinski definition) is 5. The van der Waals surface area contributed by atoms with Gasteiger partial charge in [0.05, 0.1) is 13.2 Å². The number of pyridine rings is 1. The predicted molar refractivity (Wildman–Crippen MR) is 127 cm³/mol. The van der Waals surface area contributed by atoms with Gasteiger partial charge >= 0.3 is 0 Å².